The summed E-state index contributed by atoms with van der Waals surface area (Å²) in [5, 5.41) is 3.31. The first-order valence-corrected chi connectivity index (χ1v) is 18.3. The molecule has 2 saturated heterocycles. The summed E-state index contributed by atoms with van der Waals surface area (Å²) in [6, 6.07) is 23.4. The summed E-state index contributed by atoms with van der Waals surface area (Å²) in [4.78, 5) is 31.9. The lowest BCUT2D eigenvalue weighted by molar-refractivity contribution is -0.127. The van der Waals surface area contributed by atoms with Crippen molar-refractivity contribution in [1.29, 1.82) is 0 Å². The molecular weight excluding hydrogens is 598 g/mol. The number of likely N-dealkylation sites (tertiary alicyclic amines) is 2. The minimum Gasteiger partial charge on any atom is -0.497 e. The topological polar surface area (TPSA) is 71.1 Å². The number of carbonyl (C=O) groups is 2. The maximum Gasteiger partial charge on any atom is 0.410 e. The van der Waals surface area contributed by atoms with Crippen molar-refractivity contribution >= 4 is 12.0 Å². The normalized spacial score (nSPS) is 26.3. The van der Waals surface area contributed by atoms with Gasteiger partial charge in [-0.05, 0) is 115 Å². The second-order valence-electron chi connectivity index (χ2n) is 15.0. The molecule has 2 aliphatic heterocycles. The molecule has 7 heteroatoms. The lowest BCUT2D eigenvalue weighted by Crippen LogP contribution is -2.60. The first-order valence-electron chi connectivity index (χ1n) is 18.3. The summed E-state index contributed by atoms with van der Waals surface area (Å²) in [5.74, 6) is 2.20. The van der Waals surface area contributed by atoms with Gasteiger partial charge >= 0.3 is 6.09 Å². The second kappa shape index (κ2) is 12.9. The van der Waals surface area contributed by atoms with E-state index in [1.54, 1.807) is 12.0 Å². The van der Waals surface area contributed by atoms with Crippen molar-refractivity contribution in [2.24, 2.45) is 11.8 Å². The van der Waals surface area contributed by atoms with E-state index >= 15 is 0 Å². The fourth-order valence-corrected chi connectivity index (χ4v) is 9.63. The standard InChI is InChI=1S/C41H49N3O4/c1-27-38-23-29-16-17-30(47-2)24-36(29)41(27,19-22-43(38)25-28-14-15-28)18-20-42-39(45)37-13-7-8-21-44(37)40(46)48-26-35-33-11-5-3-9-31(33)32-10-4-6-12-34(32)35/h3-6,9-12,16-17,24,27-28,35,37-38H,7-8,13-15,18-23,25-26H2,1-2H3,(H,42,45)/t27-,37-,38+,41-/m0/s1. The van der Waals surface area contributed by atoms with E-state index in [1.807, 2.05) is 12.1 Å². The number of rotatable bonds is 9. The van der Waals surface area contributed by atoms with Crippen molar-refractivity contribution in [3.63, 3.8) is 0 Å². The fourth-order valence-electron chi connectivity index (χ4n) is 9.63. The van der Waals surface area contributed by atoms with E-state index < -0.39 is 6.04 Å². The Morgan fingerprint density at radius 1 is 0.938 bits per heavy atom. The maximum atomic E-state index is 13.8. The van der Waals surface area contributed by atoms with Gasteiger partial charge in [0.15, 0.2) is 0 Å². The van der Waals surface area contributed by atoms with Crippen molar-refractivity contribution in [1.82, 2.24) is 15.1 Å². The summed E-state index contributed by atoms with van der Waals surface area (Å²) < 4.78 is 11.7. The van der Waals surface area contributed by atoms with Gasteiger partial charge in [-0.2, -0.15) is 0 Å². The Labute approximate surface area is 285 Å². The number of nitrogens with zero attached hydrogens (tertiary/aromatic N) is 2. The van der Waals surface area contributed by atoms with Crippen LogP contribution in [0.25, 0.3) is 11.1 Å². The highest BCUT2D eigenvalue weighted by Crippen LogP contribution is 2.52. The Balaban J connectivity index is 0.942. The summed E-state index contributed by atoms with van der Waals surface area (Å²) in [6.07, 6.45) is 7.88. The van der Waals surface area contributed by atoms with Gasteiger partial charge < -0.3 is 14.8 Å². The van der Waals surface area contributed by atoms with Gasteiger partial charge in [-0.3, -0.25) is 14.6 Å². The zero-order valence-corrected chi connectivity index (χ0v) is 28.5. The molecule has 1 saturated carbocycles. The number of fused-ring (bicyclic) bond motifs is 7. The van der Waals surface area contributed by atoms with Crippen LogP contribution in [0.5, 0.6) is 5.75 Å². The van der Waals surface area contributed by atoms with Crippen LogP contribution in [0.1, 0.15) is 80.0 Å². The van der Waals surface area contributed by atoms with Gasteiger partial charge in [-0.15, -0.1) is 0 Å². The Hall–Kier alpha value is -3.84. The number of ether oxygens (including phenoxy) is 2. The van der Waals surface area contributed by atoms with E-state index in [0.29, 0.717) is 31.5 Å². The first kappa shape index (κ1) is 31.4. The summed E-state index contributed by atoms with van der Waals surface area (Å²) in [6.45, 7) is 6.16. The molecule has 3 aromatic carbocycles. The lowest BCUT2D eigenvalue weighted by Gasteiger charge is -2.56. The number of benzene rings is 3. The zero-order valence-electron chi connectivity index (χ0n) is 28.5. The number of piperidine rings is 2. The molecule has 7 nitrogen and oxygen atoms in total. The fraction of sp³-hybridized carbons (Fsp3) is 0.512. The van der Waals surface area contributed by atoms with Gasteiger partial charge in [-0.1, -0.05) is 61.5 Å². The van der Waals surface area contributed by atoms with Crippen LogP contribution in [0.2, 0.25) is 0 Å². The SMILES string of the molecule is COc1ccc2c(c1)[C@@]1(CCNC(=O)[C@@H]3CCCCN3C(=O)OCC3c4ccccc4-c4ccccc43)CCN(CC3CC3)[C@H](C2)[C@@H]1C. The molecule has 3 fully saturated rings. The highest BCUT2D eigenvalue weighted by Gasteiger charge is 2.51. The molecule has 3 aromatic rings. The Morgan fingerprint density at radius 2 is 1.69 bits per heavy atom. The molecule has 8 rings (SSSR count). The smallest absolute Gasteiger partial charge is 0.410 e. The molecule has 48 heavy (non-hydrogen) atoms. The van der Waals surface area contributed by atoms with Crippen LogP contribution >= 0.6 is 0 Å². The molecule has 4 atom stereocenters. The third kappa shape index (κ3) is 5.58. The van der Waals surface area contributed by atoms with Crippen LogP contribution in [0.3, 0.4) is 0 Å². The number of nitrogens with one attached hydrogen (secondary N) is 1. The van der Waals surface area contributed by atoms with E-state index in [9.17, 15) is 9.59 Å². The molecule has 252 valence electrons. The number of hydrogen-bond donors (Lipinski definition) is 1. The third-order valence-corrected chi connectivity index (χ3v) is 12.5. The van der Waals surface area contributed by atoms with Crippen molar-refractivity contribution < 1.29 is 19.1 Å². The average molecular weight is 648 g/mol. The molecule has 2 bridgehead atoms. The number of methoxy groups -OCH3 is 1. The number of amides is 2. The van der Waals surface area contributed by atoms with E-state index in [-0.39, 0.29) is 29.9 Å². The van der Waals surface area contributed by atoms with Crippen LogP contribution in [0.15, 0.2) is 66.7 Å². The lowest BCUT2D eigenvalue weighted by atomic mass is 9.56. The molecular formula is C41H49N3O4. The Morgan fingerprint density at radius 3 is 2.42 bits per heavy atom. The van der Waals surface area contributed by atoms with Crippen LogP contribution in [0, 0.1) is 11.8 Å². The van der Waals surface area contributed by atoms with Crippen LogP contribution in [-0.2, 0) is 21.4 Å². The van der Waals surface area contributed by atoms with E-state index in [4.69, 9.17) is 9.47 Å². The predicted molar refractivity (Wildman–Crippen MR) is 187 cm³/mol. The largest absolute Gasteiger partial charge is 0.497 e. The van der Waals surface area contributed by atoms with E-state index in [1.165, 1.54) is 52.8 Å². The number of hydrogen-bond acceptors (Lipinski definition) is 5. The quantitative estimate of drug-likeness (QED) is 0.273. The molecule has 5 aliphatic rings. The van der Waals surface area contributed by atoms with Crippen LogP contribution in [0.4, 0.5) is 4.79 Å². The summed E-state index contributed by atoms with van der Waals surface area (Å²) in [7, 11) is 1.74. The molecule has 0 radical (unpaired) electrons. The molecule has 3 aliphatic carbocycles. The molecule has 0 aromatic heterocycles. The van der Waals surface area contributed by atoms with Gasteiger partial charge in [0.25, 0.3) is 0 Å². The van der Waals surface area contributed by atoms with Crippen LogP contribution in [-0.4, -0.2) is 73.8 Å². The van der Waals surface area contributed by atoms with Crippen molar-refractivity contribution in [2.45, 2.75) is 81.7 Å². The molecule has 1 N–H and O–H groups in total. The third-order valence-electron chi connectivity index (χ3n) is 12.5. The molecule has 0 unspecified atom stereocenters. The maximum absolute atomic E-state index is 13.8. The van der Waals surface area contributed by atoms with Gasteiger partial charge in [0.05, 0.1) is 7.11 Å². The summed E-state index contributed by atoms with van der Waals surface area (Å²) >= 11 is 0. The molecule has 2 heterocycles. The zero-order chi connectivity index (χ0) is 32.8. The van der Waals surface area contributed by atoms with Crippen molar-refractivity contribution in [3.8, 4) is 16.9 Å². The van der Waals surface area contributed by atoms with Crippen LogP contribution < -0.4 is 10.1 Å². The van der Waals surface area contributed by atoms with E-state index in [0.717, 1.165) is 50.3 Å². The predicted octanol–water partition coefficient (Wildman–Crippen LogP) is 6.92. The molecule has 2 amide bonds. The summed E-state index contributed by atoms with van der Waals surface area (Å²) in [5.41, 5.74) is 7.61. The highest BCUT2D eigenvalue weighted by molar-refractivity contribution is 5.86. The van der Waals surface area contributed by atoms with Crippen molar-refractivity contribution in [2.75, 3.05) is 39.9 Å². The number of carbonyl (C=O) groups excluding carboxylic acids is 2. The Bertz CT molecular complexity index is 1640. The van der Waals surface area contributed by atoms with Crippen molar-refractivity contribution in [3.05, 3.63) is 89.0 Å². The van der Waals surface area contributed by atoms with Gasteiger partial charge in [0.1, 0.15) is 18.4 Å². The van der Waals surface area contributed by atoms with Gasteiger partial charge in [0, 0.05) is 37.0 Å². The Kier molecular flexibility index (Phi) is 8.44. The highest BCUT2D eigenvalue weighted by atomic mass is 16.6. The minimum absolute atomic E-state index is 0.00354. The van der Waals surface area contributed by atoms with Gasteiger partial charge in [0.2, 0.25) is 5.91 Å². The average Bonchev–Trinajstić information content (AvgIpc) is 3.89. The van der Waals surface area contributed by atoms with E-state index in [2.05, 4.69) is 71.7 Å². The monoisotopic (exact) mass is 647 g/mol. The minimum atomic E-state index is -0.504. The molecule has 0 spiro atoms. The van der Waals surface area contributed by atoms with Gasteiger partial charge in [-0.25, -0.2) is 4.79 Å². The first-order chi connectivity index (χ1) is 23.5. The second-order valence-corrected chi connectivity index (χ2v) is 15.0.